The van der Waals surface area contributed by atoms with Gasteiger partial charge >= 0.3 is 5.97 Å². The van der Waals surface area contributed by atoms with Gasteiger partial charge in [-0.1, -0.05) is 0 Å². The molecule has 0 aliphatic heterocycles. The highest BCUT2D eigenvalue weighted by Gasteiger charge is 2.27. The van der Waals surface area contributed by atoms with Crippen LogP contribution in [-0.2, 0) is 31.2 Å². The number of rotatable bonds is 8. The molecule has 0 radical (unpaired) electrons. The van der Waals surface area contributed by atoms with Crippen LogP contribution in [0, 0.1) is 0 Å². The predicted octanol–water partition coefficient (Wildman–Crippen LogP) is -0.931. The van der Waals surface area contributed by atoms with E-state index in [1.165, 1.54) is 17.1 Å². The molecule has 0 aliphatic carbocycles. The van der Waals surface area contributed by atoms with Crippen molar-refractivity contribution >= 4 is 25.8 Å². The molecule has 0 bridgehead atoms. The van der Waals surface area contributed by atoms with Gasteiger partial charge in [-0.05, 0) is 13.3 Å². The molecule has 21 heavy (non-hydrogen) atoms. The monoisotopic (exact) mass is 339 g/mol. The molecule has 11 heteroatoms. The number of aryl methyl sites for hydroxylation is 1. The van der Waals surface area contributed by atoms with E-state index >= 15 is 0 Å². The SMILES string of the molecule is CCn1cnc(S(=O)(=O)NC(CCS(C)(=O)=O)C(=O)O)c1. The van der Waals surface area contributed by atoms with Crippen LogP contribution in [0.5, 0.6) is 0 Å². The fourth-order valence-electron chi connectivity index (χ4n) is 1.46. The minimum absolute atomic E-state index is 0.310. The number of nitrogens with zero attached hydrogens (tertiary/aromatic N) is 2. The molecule has 1 atom stereocenters. The van der Waals surface area contributed by atoms with Crippen LogP contribution in [0.25, 0.3) is 0 Å². The largest absolute Gasteiger partial charge is 0.480 e. The van der Waals surface area contributed by atoms with Crippen molar-refractivity contribution in [1.82, 2.24) is 14.3 Å². The molecule has 0 aliphatic rings. The van der Waals surface area contributed by atoms with E-state index in [1.54, 1.807) is 6.92 Å². The van der Waals surface area contributed by atoms with Gasteiger partial charge < -0.3 is 9.67 Å². The number of nitrogens with one attached hydrogen (secondary N) is 1. The number of hydrogen-bond acceptors (Lipinski definition) is 6. The lowest BCUT2D eigenvalue weighted by Gasteiger charge is -2.13. The molecule has 0 saturated heterocycles. The molecule has 0 aromatic carbocycles. The molecule has 120 valence electrons. The van der Waals surface area contributed by atoms with E-state index < -0.39 is 37.6 Å². The van der Waals surface area contributed by atoms with Gasteiger partial charge in [-0.3, -0.25) is 4.79 Å². The van der Waals surface area contributed by atoms with E-state index in [2.05, 4.69) is 4.98 Å². The quantitative estimate of drug-likeness (QED) is 0.624. The van der Waals surface area contributed by atoms with Gasteiger partial charge in [0.1, 0.15) is 15.9 Å². The first-order chi connectivity index (χ1) is 9.55. The Labute approximate surface area is 123 Å². The molecule has 0 spiro atoms. The van der Waals surface area contributed by atoms with Gasteiger partial charge in [-0.2, -0.15) is 4.72 Å². The maximum atomic E-state index is 12.0. The fraction of sp³-hybridized carbons (Fsp3) is 0.600. The Balaban J connectivity index is 2.89. The van der Waals surface area contributed by atoms with E-state index in [9.17, 15) is 21.6 Å². The topological polar surface area (TPSA) is 135 Å². The second kappa shape index (κ2) is 6.54. The molecule has 2 N–H and O–H groups in total. The third kappa shape index (κ3) is 5.44. The van der Waals surface area contributed by atoms with Crippen molar-refractivity contribution in [2.45, 2.75) is 31.0 Å². The summed E-state index contributed by atoms with van der Waals surface area (Å²) < 4.78 is 49.6. The molecule has 9 nitrogen and oxygen atoms in total. The molecule has 0 amide bonds. The maximum Gasteiger partial charge on any atom is 0.321 e. The minimum atomic E-state index is -4.12. The molecule has 1 aromatic heterocycles. The summed E-state index contributed by atoms with van der Waals surface area (Å²) in [5, 5.41) is 8.67. The van der Waals surface area contributed by atoms with Crippen molar-refractivity contribution in [2.24, 2.45) is 0 Å². The van der Waals surface area contributed by atoms with Gasteiger partial charge in [0.2, 0.25) is 0 Å². The zero-order valence-electron chi connectivity index (χ0n) is 11.6. The molecular weight excluding hydrogens is 322 g/mol. The first-order valence-corrected chi connectivity index (χ1v) is 9.54. The summed E-state index contributed by atoms with van der Waals surface area (Å²) in [6, 6.07) is -1.53. The van der Waals surface area contributed by atoms with Crippen molar-refractivity contribution in [3.63, 3.8) is 0 Å². The van der Waals surface area contributed by atoms with Crippen molar-refractivity contribution in [3.05, 3.63) is 12.5 Å². The highest BCUT2D eigenvalue weighted by Crippen LogP contribution is 2.08. The Morgan fingerprint density at radius 1 is 1.43 bits per heavy atom. The summed E-state index contributed by atoms with van der Waals surface area (Å²) in [4.78, 5) is 14.7. The van der Waals surface area contributed by atoms with E-state index in [1.807, 2.05) is 4.72 Å². The van der Waals surface area contributed by atoms with Crippen LogP contribution < -0.4 is 4.72 Å². The predicted molar refractivity (Wildman–Crippen MR) is 74.0 cm³/mol. The normalized spacial score (nSPS) is 14.0. The summed E-state index contributed by atoms with van der Waals surface area (Å²) in [5.41, 5.74) is 0. The van der Waals surface area contributed by atoms with Crippen LogP contribution in [0.2, 0.25) is 0 Å². The number of aromatic nitrogens is 2. The van der Waals surface area contributed by atoms with Gasteiger partial charge in [-0.15, -0.1) is 0 Å². The maximum absolute atomic E-state index is 12.0. The molecule has 1 aromatic rings. The number of carboxylic acids is 1. The number of carboxylic acid groups (broad SMARTS) is 1. The number of carbonyl (C=O) groups is 1. The Kier molecular flexibility index (Phi) is 5.48. The fourth-order valence-corrected chi connectivity index (χ4v) is 3.30. The molecule has 0 saturated carbocycles. The van der Waals surface area contributed by atoms with Crippen LogP contribution in [0.3, 0.4) is 0 Å². The van der Waals surface area contributed by atoms with Crippen molar-refractivity contribution in [1.29, 1.82) is 0 Å². The summed E-state index contributed by atoms with van der Waals surface area (Å²) in [6.45, 7) is 2.30. The first kappa shape index (κ1) is 17.6. The van der Waals surface area contributed by atoms with E-state index in [-0.39, 0.29) is 11.4 Å². The number of imidazole rings is 1. The highest BCUT2D eigenvalue weighted by molar-refractivity contribution is 7.90. The lowest BCUT2D eigenvalue weighted by Crippen LogP contribution is -2.41. The zero-order chi connectivity index (χ0) is 16.3. The molecule has 1 heterocycles. The van der Waals surface area contributed by atoms with Crippen molar-refractivity contribution < 1.29 is 26.7 Å². The van der Waals surface area contributed by atoms with Crippen molar-refractivity contribution in [2.75, 3.05) is 12.0 Å². The van der Waals surface area contributed by atoms with E-state index in [4.69, 9.17) is 5.11 Å². The Morgan fingerprint density at radius 2 is 2.05 bits per heavy atom. The van der Waals surface area contributed by atoms with Crippen molar-refractivity contribution in [3.8, 4) is 0 Å². The summed E-state index contributed by atoms with van der Waals surface area (Å²) in [7, 11) is -7.51. The zero-order valence-corrected chi connectivity index (χ0v) is 13.2. The van der Waals surface area contributed by atoms with Gasteiger partial charge in [0, 0.05) is 19.0 Å². The molecule has 1 rings (SSSR count). The Bertz CT molecular complexity index is 707. The standard InChI is InChI=1S/C10H17N3O6S2/c1-3-13-6-9(11-7-13)21(18,19)12-8(10(14)15)4-5-20(2,16)17/h6-8,12H,3-5H2,1-2H3,(H,14,15). The van der Waals surface area contributed by atoms with Gasteiger partial charge in [0.05, 0.1) is 12.1 Å². The third-order valence-corrected chi connectivity index (χ3v) is 4.96. The molecular formula is C10H17N3O6S2. The summed E-state index contributed by atoms with van der Waals surface area (Å²) >= 11 is 0. The van der Waals surface area contributed by atoms with Crippen LogP contribution in [0.15, 0.2) is 17.6 Å². The lowest BCUT2D eigenvalue weighted by atomic mass is 10.2. The van der Waals surface area contributed by atoms with Crippen LogP contribution in [0.1, 0.15) is 13.3 Å². The van der Waals surface area contributed by atoms with Crippen LogP contribution in [-0.4, -0.2) is 55.5 Å². The second-order valence-electron chi connectivity index (χ2n) is 4.47. The lowest BCUT2D eigenvalue weighted by molar-refractivity contribution is -0.139. The summed E-state index contributed by atoms with van der Waals surface area (Å²) in [6.07, 6.45) is 3.16. The summed E-state index contributed by atoms with van der Waals surface area (Å²) in [5.74, 6) is -1.88. The molecule has 1 unspecified atom stereocenters. The van der Waals surface area contributed by atoms with Crippen LogP contribution >= 0.6 is 0 Å². The first-order valence-electron chi connectivity index (χ1n) is 6.00. The minimum Gasteiger partial charge on any atom is -0.480 e. The Morgan fingerprint density at radius 3 is 2.48 bits per heavy atom. The number of aliphatic carboxylic acids is 1. The Hall–Kier alpha value is -1.46. The smallest absolute Gasteiger partial charge is 0.321 e. The molecule has 0 fully saturated rings. The van der Waals surface area contributed by atoms with E-state index in [0.29, 0.717) is 6.54 Å². The average Bonchev–Trinajstić information content (AvgIpc) is 2.82. The van der Waals surface area contributed by atoms with E-state index in [0.717, 1.165) is 6.26 Å². The number of sulfone groups is 1. The second-order valence-corrected chi connectivity index (χ2v) is 8.39. The van der Waals surface area contributed by atoms with Crippen LogP contribution in [0.4, 0.5) is 0 Å². The highest BCUT2D eigenvalue weighted by atomic mass is 32.2. The number of hydrogen-bond donors (Lipinski definition) is 2. The van der Waals surface area contributed by atoms with Gasteiger partial charge in [0.25, 0.3) is 10.0 Å². The van der Waals surface area contributed by atoms with Gasteiger partial charge in [0.15, 0.2) is 5.03 Å². The van der Waals surface area contributed by atoms with Gasteiger partial charge in [-0.25, -0.2) is 21.8 Å². The average molecular weight is 339 g/mol. The number of sulfonamides is 1. The third-order valence-electron chi connectivity index (χ3n) is 2.62.